The minimum absolute atomic E-state index is 0.0784. The minimum atomic E-state index is -0.0784. The lowest BCUT2D eigenvalue weighted by atomic mass is 9.88. The number of aliphatic hydroxyl groups is 1. The molecule has 1 saturated carbocycles. The van der Waals surface area contributed by atoms with Crippen molar-refractivity contribution in [3.8, 4) is 0 Å². The molecule has 21 heavy (non-hydrogen) atoms. The maximum Gasteiger partial charge on any atom is 0.0543 e. The van der Waals surface area contributed by atoms with Gasteiger partial charge < -0.3 is 9.84 Å². The SMILES string of the molecule is OC1CCCC(COCCCCCCc2ccccc2)C1. The molecule has 0 spiro atoms. The zero-order chi connectivity index (χ0) is 14.8. The largest absolute Gasteiger partial charge is 0.393 e. The molecule has 1 aromatic carbocycles. The topological polar surface area (TPSA) is 29.5 Å². The second kappa shape index (κ2) is 9.97. The van der Waals surface area contributed by atoms with Gasteiger partial charge in [-0.05, 0) is 50.0 Å². The fourth-order valence-corrected chi connectivity index (χ4v) is 3.20. The average molecular weight is 290 g/mol. The van der Waals surface area contributed by atoms with Crippen LogP contribution in [0.25, 0.3) is 0 Å². The zero-order valence-electron chi connectivity index (χ0n) is 13.2. The Balaban J connectivity index is 1.40. The molecule has 1 N–H and O–H groups in total. The fraction of sp³-hybridized carbons (Fsp3) is 0.684. The quantitative estimate of drug-likeness (QED) is 0.685. The third-order valence-corrected chi connectivity index (χ3v) is 4.46. The summed E-state index contributed by atoms with van der Waals surface area (Å²) in [6, 6.07) is 10.7. The first kappa shape index (κ1) is 16.5. The third-order valence-electron chi connectivity index (χ3n) is 4.46. The van der Waals surface area contributed by atoms with E-state index in [9.17, 15) is 5.11 Å². The van der Waals surface area contributed by atoms with Gasteiger partial charge in [0.05, 0.1) is 6.10 Å². The van der Waals surface area contributed by atoms with Gasteiger partial charge in [0.1, 0.15) is 0 Å². The van der Waals surface area contributed by atoms with Crippen LogP contribution in [0.4, 0.5) is 0 Å². The Morgan fingerprint density at radius 2 is 1.81 bits per heavy atom. The maximum atomic E-state index is 9.62. The highest BCUT2D eigenvalue weighted by Gasteiger charge is 2.19. The third kappa shape index (κ3) is 7.10. The van der Waals surface area contributed by atoms with Crippen LogP contribution in [0, 0.1) is 5.92 Å². The molecular formula is C19H30O2. The Morgan fingerprint density at radius 3 is 2.62 bits per heavy atom. The number of aryl methyl sites for hydroxylation is 1. The summed E-state index contributed by atoms with van der Waals surface area (Å²) in [7, 11) is 0. The molecule has 2 heteroatoms. The van der Waals surface area contributed by atoms with Gasteiger partial charge in [-0.2, -0.15) is 0 Å². The summed E-state index contributed by atoms with van der Waals surface area (Å²) in [5.41, 5.74) is 1.45. The Hall–Kier alpha value is -0.860. The first-order valence-electron chi connectivity index (χ1n) is 8.64. The summed E-state index contributed by atoms with van der Waals surface area (Å²) < 4.78 is 5.78. The molecule has 0 bridgehead atoms. The van der Waals surface area contributed by atoms with Gasteiger partial charge in [-0.3, -0.25) is 0 Å². The van der Waals surface area contributed by atoms with Crippen molar-refractivity contribution < 1.29 is 9.84 Å². The predicted octanol–water partition coefficient (Wildman–Crippen LogP) is 4.36. The van der Waals surface area contributed by atoms with Crippen LogP contribution in [0.15, 0.2) is 30.3 Å². The van der Waals surface area contributed by atoms with Gasteiger partial charge in [-0.1, -0.05) is 49.6 Å². The zero-order valence-corrected chi connectivity index (χ0v) is 13.2. The summed E-state index contributed by atoms with van der Waals surface area (Å²) in [6.07, 6.45) is 10.4. The molecule has 2 unspecified atom stereocenters. The molecule has 0 heterocycles. The van der Waals surface area contributed by atoms with Crippen molar-refractivity contribution in [3.05, 3.63) is 35.9 Å². The van der Waals surface area contributed by atoms with Gasteiger partial charge in [0.15, 0.2) is 0 Å². The van der Waals surface area contributed by atoms with E-state index in [0.29, 0.717) is 5.92 Å². The molecule has 2 rings (SSSR count). The Morgan fingerprint density at radius 1 is 1.00 bits per heavy atom. The molecule has 2 atom stereocenters. The smallest absolute Gasteiger partial charge is 0.0543 e. The molecule has 0 aromatic heterocycles. The number of benzene rings is 1. The summed E-state index contributed by atoms with van der Waals surface area (Å²) in [5, 5.41) is 9.62. The van der Waals surface area contributed by atoms with Crippen molar-refractivity contribution in [1.29, 1.82) is 0 Å². The lowest BCUT2D eigenvalue weighted by molar-refractivity contribution is 0.0401. The van der Waals surface area contributed by atoms with Crippen LogP contribution in [-0.4, -0.2) is 24.4 Å². The van der Waals surface area contributed by atoms with Crippen LogP contribution in [0.2, 0.25) is 0 Å². The van der Waals surface area contributed by atoms with Crippen molar-refractivity contribution in [2.75, 3.05) is 13.2 Å². The van der Waals surface area contributed by atoms with Crippen LogP contribution in [0.3, 0.4) is 0 Å². The summed E-state index contributed by atoms with van der Waals surface area (Å²) in [6.45, 7) is 1.74. The van der Waals surface area contributed by atoms with Crippen LogP contribution < -0.4 is 0 Å². The number of unbranched alkanes of at least 4 members (excludes halogenated alkanes) is 3. The number of ether oxygens (including phenoxy) is 1. The Labute approximate surface area is 129 Å². The maximum absolute atomic E-state index is 9.62. The van der Waals surface area contributed by atoms with E-state index < -0.39 is 0 Å². The molecule has 0 radical (unpaired) electrons. The number of hydrogen-bond donors (Lipinski definition) is 1. The van der Waals surface area contributed by atoms with Crippen LogP contribution in [-0.2, 0) is 11.2 Å². The van der Waals surface area contributed by atoms with E-state index in [-0.39, 0.29) is 6.10 Å². The summed E-state index contributed by atoms with van der Waals surface area (Å²) in [4.78, 5) is 0. The molecule has 2 nitrogen and oxygen atoms in total. The van der Waals surface area contributed by atoms with Gasteiger partial charge in [-0.15, -0.1) is 0 Å². The molecule has 1 aromatic rings. The normalized spacial score (nSPS) is 22.3. The summed E-state index contributed by atoms with van der Waals surface area (Å²) >= 11 is 0. The summed E-state index contributed by atoms with van der Waals surface area (Å²) in [5.74, 6) is 0.590. The molecule has 0 aliphatic heterocycles. The van der Waals surface area contributed by atoms with E-state index in [1.807, 2.05) is 0 Å². The predicted molar refractivity (Wildman–Crippen MR) is 87.4 cm³/mol. The minimum Gasteiger partial charge on any atom is -0.393 e. The average Bonchev–Trinajstić information content (AvgIpc) is 2.51. The molecule has 0 saturated heterocycles. The van der Waals surface area contributed by atoms with E-state index in [4.69, 9.17) is 4.74 Å². The van der Waals surface area contributed by atoms with Crippen LogP contribution in [0.5, 0.6) is 0 Å². The number of hydrogen-bond acceptors (Lipinski definition) is 2. The van der Waals surface area contributed by atoms with E-state index in [1.165, 1.54) is 44.1 Å². The molecule has 1 aliphatic carbocycles. The highest BCUT2D eigenvalue weighted by atomic mass is 16.5. The molecule has 118 valence electrons. The van der Waals surface area contributed by atoms with Crippen molar-refractivity contribution in [2.45, 2.75) is 63.9 Å². The van der Waals surface area contributed by atoms with Gasteiger partial charge in [0, 0.05) is 13.2 Å². The van der Waals surface area contributed by atoms with E-state index >= 15 is 0 Å². The molecule has 0 amide bonds. The van der Waals surface area contributed by atoms with Crippen molar-refractivity contribution in [3.63, 3.8) is 0 Å². The Kier molecular flexibility index (Phi) is 7.83. The van der Waals surface area contributed by atoms with Gasteiger partial charge >= 0.3 is 0 Å². The first-order chi connectivity index (χ1) is 10.3. The first-order valence-corrected chi connectivity index (χ1v) is 8.64. The van der Waals surface area contributed by atoms with Gasteiger partial charge in [-0.25, -0.2) is 0 Å². The Bertz CT molecular complexity index is 363. The molecule has 1 fully saturated rings. The van der Waals surface area contributed by atoms with Gasteiger partial charge in [0.25, 0.3) is 0 Å². The lowest BCUT2D eigenvalue weighted by Crippen LogP contribution is -2.23. The van der Waals surface area contributed by atoms with E-state index in [1.54, 1.807) is 0 Å². The highest BCUT2D eigenvalue weighted by molar-refractivity contribution is 5.14. The van der Waals surface area contributed by atoms with Crippen molar-refractivity contribution in [2.24, 2.45) is 5.92 Å². The van der Waals surface area contributed by atoms with Crippen molar-refractivity contribution in [1.82, 2.24) is 0 Å². The van der Waals surface area contributed by atoms with Crippen molar-refractivity contribution >= 4 is 0 Å². The highest BCUT2D eigenvalue weighted by Crippen LogP contribution is 2.24. The van der Waals surface area contributed by atoms with E-state index in [0.717, 1.165) is 32.5 Å². The van der Waals surface area contributed by atoms with E-state index in [2.05, 4.69) is 30.3 Å². The van der Waals surface area contributed by atoms with Crippen LogP contribution >= 0.6 is 0 Å². The number of aliphatic hydroxyl groups excluding tert-OH is 1. The lowest BCUT2D eigenvalue weighted by Gasteiger charge is -2.25. The standard InChI is InChI=1S/C19H30O2/c20-19-13-8-12-18(15-19)16-21-14-7-2-1-4-9-17-10-5-3-6-11-17/h3,5-6,10-11,18-20H,1-2,4,7-9,12-16H2. The van der Waals surface area contributed by atoms with Crippen LogP contribution in [0.1, 0.15) is 56.9 Å². The van der Waals surface area contributed by atoms with Gasteiger partial charge in [0.2, 0.25) is 0 Å². The second-order valence-corrected chi connectivity index (χ2v) is 6.41. The fourth-order valence-electron chi connectivity index (χ4n) is 3.20. The molecule has 1 aliphatic rings. The molecular weight excluding hydrogens is 260 g/mol. The second-order valence-electron chi connectivity index (χ2n) is 6.41. The number of rotatable bonds is 9. The monoisotopic (exact) mass is 290 g/mol.